The molecule has 0 unspecified atom stereocenters. The third-order valence-corrected chi connectivity index (χ3v) is 5.38. The second kappa shape index (κ2) is 6.57. The van der Waals surface area contributed by atoms with Crippen LogP contribution in [0.4, 0.5) is 8.78 Å². The summed E-state index contributed by atoms with van der Waals surface area (Å²) < 4.78 is 59.6. The molecule has 0 saturated carbocycles. The van der Waals surface area contributed by atoms with Crippen molar-refractivity contribution in [2.75, 3.05) is 20.1 Å². The topological polar surface area (TPSA) is 49.9 Å². The highest BCUT2D eigenvalue weighted by molar-refractivity contribution is 7.86. The molecule has 1 aliphatic rings. The van der Waals surface area contributed by atoms with E-state index in [1.807, 2.05) is 0 Å². The molecule has 0 amide bonds. The van der Waals surface area contributed by atoms with Crippen molar-refractivity contribution in [3.8, 4) is 0 Å². The molecule has 1 fully saturated rings. The number of hydrogen-bond acceptors (Lipinski definition) is 3. The van der Waals surface area contributed by atoms with Gasteiger partial charge in [-0.2, -0.15) is 17.0 Å². The fraction of sp³-hybridized carbons (Fsp3) is 0.571. The molecule has 0 N–H and O–H groups in total. The van der Waals surface area contributed by atoms with Crippen molar-refractivity contribution in [3.05, 3.63) is 35.4 Å². The Morgan fingerprint density at radius 3 is 2.41 bits per heavy atom. The Balaban J connectivity index is 2.14. The zero-order chi connectivity index (χ0) is 16.5. The van der Waals surface area contributed by atoms with Crippen LogP contribution in [-0.4, -0.2) is 49.4 Å². The molecule has 2 atom stereocenters. The van der Waals surface area contributed by atoms with Crippen molar-refractivity contribution in [1.82, 2.24) is 8.61 Å². The molecule has 2 rings (SSSR count). The van der Waals surface area contributed by atoms with E-state index in [0.717, 1.165) is 16.4 Å². The van der Waals surface area contributed by atoms with Crippen molar-refractivity contribution in [2.45, 2.75) is 32.6 Å². The zero-order valence-electron chi connectivity index (χ0n) is 12.8. The first-order valence-electron chi connectivity index (χ1n) is 7.01. The largest absolute Gasteiger partial charge is 0.373 e. The molecule has 1 aliphatic heterocycles. The Morgan fingerprint density at radius 1 is 1.27 bits per heavy atom. The molecular formula is C14H20F2N2O3S. The minimum Gasteiger partial charge on any atom is -0.373 e. The third kappa shape index (κ3) is 3.81. The molecule has 1 saturated heterocycles. The molecule has 0 spiro atoms. The van der Waals surface area contributed by atoms with Crippen LogP contribution in [0.2, 0.25) is 0 Å². The van der Waals surface area contributed by atoms with E-state index in [1.54, 1.807) is 13.8 Å². The van der Waals surface area contributed by atoms with Crippen LogP contribution in [0.5, 0.6) is 0 Å². The molecule has 5 nitrogen and oxygen atoms in total. The van der Waals surface area contributed by atoms with Gasteiger partial charge in [0.2, 0.25) is 0 Å². The summed E-state index contributed by atoms with van der Waals surface area (Å²) in [6, 6.07) is 3.10. The quantitative estimate of drug-likeness (QED) is 0.843. The number of rotatable bonds is 4. The van der Waals surface area contributed by atoms with E-state index in [-0.39, 0.29) is 37.4 Å². The maximum absolute atomic E-state index is 13.7. The molecule has 0 radical (unpaired) electrons. The average molecular weight is 334 g/mol. The number of halogens is 2. The lowest BCUT2D eigenvalue weighted by Gasteiger charge is -2.36. The van der Waals surface area contributed by atoms with E-state index in [0.29, 0.717) is 0 Å². The second-order valence-electron chi connectivity index (χ2n) is 5.57. The van der Waals surface area contributed by atoms with Crippen LogP contribution in [0, 0.1) is 11.6 Å². The Labute approximate surface area is 129 Å². The maximum atomic E-state index is 13.7. The van der Waals surface area contributed by atoms with Gasteiger partial charge >= 0.3 is 0 Å². The lowest BCUT2D eigenvalue weighted by atomic mass is 10.2. The van der Waals surface area contributed by atoms with E-state index >= 15 is 0 Å². The van der Waals surface area contributed by atoms with Crippen molar-refractivity contribution in [1.29, 1.82) is 0 Å². The van der Waals surface area contributed by atoms with Crippen molar-refractivity contribution >= 4 is 10.2 Å². The average Bonchev–Trinajstić information content (AvgIpc) is 2.40. The number of benzene rings is 1. The normalized spacial score (nSPS) is 23.9. The predicted molar refractivity (Wildman–Crippen MR) is 78.3 cm³/mol. The van der Waals surface area contributed by atoms with Gasteiger partial charge in [0, 0.05) is 38.3 Å². The number of nitrogens with zero attached hydrogens (tertiary/aromatic N) is 2. The zero-order valence-corrected chi connectivity index (χ0v) is 13.6. The third-order valence-electron chi connectivity index (χ3n) is 3.51. The minimum atomic E-state index is -3.73. The number of morpholine rings is 1. The summed E-state index contributed by atoms with van der Waals surface area (Å²) in [5.74, 6) is -1.45. The van der Waals surface area contributed by atoms with Crippen molar-refractivity contribution < 1.29 is 21.9 Å². The molecule has 0 bridgehead atoms. The molecule has 124 valence electrons. The Bertz CT molecular complexity index is 629. The minimum absolute atomic E-state index is 0.127. The van der Waals surface area contributed by atoms with Crippen LogP contribution in [0.15, 0.2) is 18.2 Å². The lowest BCUT2D eigenvalue weighted by Crippen LogP contribution is -2.52. The van der Waals surface area contributed by atoms with Gasteiger partial charge in [-0.15, -0.1) is 0 Å². The van der Waals surface area contributed by atoms with Crippen molar-refractivity contribution in [2.24, 2.45) is 0 Å². The second-order valence-corrected chi connectivity index (χ2v) is 7.61. The smallest absolute Gasteiger partial charge is 0.282 e. The predicted octanol–water partition coefficient (Wildman–Crippen LogP) is 1.75. The van der Waals surface area contributed by atoms with Crippen LogP contribution < -0.4 is 0 Å². The van der Waals surface area contributed by atoms with Gasteiger partial charge in [-0.3, -0.25) is 0 Å². The van der Waals surface area contributed by atoms with Crippen LogP contribution in [0.3, 0.4) is 0 Å². The van der Waals surface area contributed by atoms with Gasteiger partial charge in [0.15, 0.2) is 0 Å². The Morgan fingerprint density at radius 2 is 1.86 bits per heavy atom. The summed E-state index contributed by atoms with van der Waals surface area (Å²) in [6.45, 7) is 3.95. The van der Waals surface area contributed by atoms with Gasteiger partial charge < -0.3 is 4.74 Å². The standard InChI is InChI=1S/C14H20F2N2O3S/c1-10-7-18(8-11(2)21-10)22(19,20)17(3)9-12-4-5-13(15)6-14(12)16/h4-6,10-11H,7-9H2,1-3H3/t10-,11-/m0/s1. The van der Waals surface area contributed by atoms with Gasteiger partial charge in [-0.05, 0) is 19.9 Å². The van der Waals surface area contributed by atoms with E-state index in [9.17, 15) is 17.2 Å². The Hall–Kier alpha value is -1.09. The Kier molecular flexibility index (Phi) is 5.16. The van der Waals surface area contributed by atoms with Crippen LogP contribution >= 0.6 is 0 Å². The number of ether oxygens (including phenoxy) is 1. The maximum Gasteiger partial charge on any atom is 0.282 e. The molecule has 22 heavy (non-hydrogen) atoms. The molecule has 1 aromatic rings. The van der Waals surface area contributed by atoms with E-state index in [1.165, 1.54) is 17.4 Å². The highest BCUT2D eigenvalue weighted by Crippen LogP contribution is 2.19. The summed E-state index contributed by atoms with van der Waals surface area (Å²) in [5.41, 5.74) is 0.127. The fourth-order valence-electron chi connectivity index (χ4n) is 2.49. The number of hydrogen-bond donors (Lipinski definition) is 0. The summed E-state index contributed by atoms with van der Waals surface area (Å²) in [5, 5.41) is 0. The highest BCUT2D eigenvalue weighted by Gasteiger charge is 2.33. The van der Waals surface area contributed by atoms with E-state index < -0.39 is 21.8 Å². The summed E-state index contributed by atoms with van der Waals surface area (Å²) in [4.78, 5) is 0. The van der Waals surface area contributed by atoms with Gasteiger partial charge in [-0.1, -0.05) is 6.07 Å². The molecule has 1 heterocycles. The van der Waals surface area contributed by atoms with Crippen molar-refractivity contribution in [3.63, 3.8) is 0 Å². The molecular weight excluding hydrogens is 314 g/mol. The van der Waals surface area contributed by atoms with Gasteiger partial charge in [-0.25, -0.2) is 8.78 Å². The molecule has 8 heteroatoms. The monoisotopic (exact) mass is 334 g/mol. The van der Waals surface area contributed by atoms with E-state index in [4.69, 9.17) is 4.74 Å². The van der Waals surface area contributed by atoms with Crippen LogP contribution in [-0.2, 0) is 21.5 Å². The summed E-state index contributed by atoms with van der Waals surface area (Å²) >= 11 is 0. The first-order valence-corrected chi connectivity index (χ1v) is 8.40. The van der Waals surface area contributed by atoms with Crippen LogP contribution in [0.1, 0.15) is 19.4 Å². The fourth-order valence-corrected chi connectivity index (χ4v) is 3.98. The highest BCUT2D eigenvalue weighted by atomic mass is 32.2. The van der Waals surface area contributed by atoms with Gasteiger partial charge in [0.05, 0.1) is 12.2 Å². The van der Waals surface area contributed by atoms with E-state index in [2.05, 4.69) is 0 Å². The first kappa shape index (κ1) is 17.3. The molecule has 0 aliphatic carbocycles. The van der Waals surface area contributed by atoms with Gasteiger partial charge in [0.25, 0.3) is 10.2 Å². The van der Waals surface area contributed by atoms with Gasteiger partial charge in [0.1, 0.15) is 11.6 Å². The summed E-state index contributed by atoms with van der Waals surface area (Å²) in [7, 11) is -2.35. The SMILES string of the molecule is C[C@H]1CN(S(=O)(=O)N(C)Cc2ccc(F)cc2F)C[C@H](C)O1. The van der Waals surface area contributed by atoms with Crippen LogP contribution in [0.25, 0.3) is 0 Å². The molecule has 0 aromatic heterocycles. The molecule has 1 aromatic carbocycles. The first-order chi connectivity index (χ1) is 10.2. The lowest BCUT2D eigenvalue weighted by molar-refractivity contribution is -0.0453. The summed E-state index contributed by atoms with van der Waals surface area (Å²) in [6.07, 6.45) is -0.399.